The van der Waals surface area contributed by atoms with Crippen LogP contribution in [0.25, 0.3) is 0 Å². The number of thiol groups is 1. The Bertz CT molecular complexity index is 118. The van der Waals surface area contributed by atoms with Gasteiger partial charge in [0, 0.05) is 0 Å². The molecule has 0 N–H and O–H groups in total. The fraction of sp³-hybridized carbons (Fsp3) is 1.00. The van der Waals surface area contributed by atoms with Gasteiger partial charge in [-0.05, 0) is 12.2 Å². The van der Waals surface area contributed by atoms with E-state index in [1.54, 1.807) is 0 Å². The van der Waals surface area contributed by atoms with Gasteiger partial charge < -0.3 is 0 Å². The molecule has 0 radical (unpaired) electrons. The lowest BCUT2D eigenvalue weighted by atomic mass is 10.0. The minimum absolute atomic E-state index is 1.07. The zero-order valence-electron chi connectivity index (χ0n) is 12.8. The van der Waals surface area contributed by atoms with E-state index in [0.29, 0.717) is 0 Å². The van der Waals surface area contributed by atoms with Crippen molar-refractivity contribution in [1.29, 1.82) is 0 Å². The van der Waals surface area contributed by atoms with Gasteiger partial charge >= 0.3 is 0 Å². The van der Waals surface area contributed by atoms with E-state index in [4.69, 9.17) is 0 Å². The Morgan fingerprint density at radius 1 is 0.444 bits per heavy atom. The standard InChI is InChI=1S/C17H36S/c1-2-3-4-5-6-7-8-9-10-11-12-13-14-15-16-17-18/h18H,2-17H2,1H3. The van der Waals surface area contributed by atoms with E-state index in [1.807, 2.05) is 0 Å². The van der Waals surface area contributed by atoms with Crippen LogP contribution in [0.2, 0.25) is 0 Å². The van der Waals surface area contributed by atoms with Crippen molar-refractivity contribution in [2.45, 2.75) is 103 Å². The average molecular weight is 273 g/mol. The van der Waals surface area contributed by atoms with Gasteiger partial charge in [-0.15, -0.1) is 0 Å². The van der Waals surface area contributed by atoms with Crippen LogP contribution in [-0.2, 0) is 0 Å². The summed E-state index contributed by atoms with van der Waals surface area (Å²) in [6.07, 6.45) is 21.6. The SMILES string of the molecule is CCCCCCCCCCCCCCCCCS. The van der Waals surface area contributed by atoms with Crippen LogP contribution >= 0.6 is 12.6 Å². The molecule has 0 unspecified atom stereocenters. The molecule has 0 spiro atoms. The van der Waals surface area contributed by atoms with Gasteiger partial charge in [0.15, 0.2) is 0 Å². The largest absolute Gasteiger partial charge is 0.179 e. The summed E-state index contributed by atoms with van der Waals surface area (Å²) in [6, 6.07) is 0. The van der Waals surface area contributed by atoms with Crippen molar-refractivity contribution >= 4 is 12.6 Å². The molecule has 0 aliphatic heterocycles. The highest BCUT2D eigenvalue weighted by Crippen LogP contribution is 2.13. The van der Waals surface area contributed by atoms with Crippen LogP contribution in [0.3, 0.4) is 0 Å². The normalized spacial score (nSPS) is 11.0. The predicted molar refractivity (Wildman–Crippen MR) is 88.8 cm³/mol. The van der Waals surface area contributed by atoms with E-state index in [2.05, 4.69) is 19.6 Å². The van der Waals surface area contributed by atoms with Crippen LogP contribution in [0, 0.1) is 0 Å². The maximum absolute atomic E-state index is 4.24. The first-order chi connectivity index (χ1) is 8.91. The zero-order valence-corrected chi connectivity index (χ0v) is 13.7. The molecule has 0 fully saturated rings. The first-order valence-corrected chi connectivity index (χ1v) is 9.16. The number of rotatable bonds is 15. The smallest absolute Gasteiger partial charge is 0.00979 e. The predicted octanol–water partition coefficient (Wildman–Crippen LogP) is 6.79. The molecule has 0 rings (SSSR count). The first-order valence-electron chi connectivity index (χ1n) is 8.52. The van der Waals surface area contributed by atoms with Crippen molar-refractivity contribution in [2.24, 2.45) is 0 Å². The molecule has 0 aliphatic carbocycles. The van der Waals surface area contributed by atoms with E-state index in [0.717, 1.165) is 5.75 Å². The highest BCUT2D eigenvalue weighted by Gasteiger charge is 1.93. The molecule has 1 heteroatoms. The Morgan fingerprint density at radius 2 is 0.722 bits per heavy atom. The average Bonchev–Trinajstić information content (AvgIpc) is 2.39. The molecule has 0 atom stereocenters. The lowest BCUT2D eigenvalue weighted by molar-refractivity contribution is 0.535. The summed E-state index contributed by atoms with van der Waals surface area (Å²) in [7, 11) is 0. The quantitative estimate of drug-likeness (QED) is 0.246. The summed E-state index contributed by atoms with van der Waals surface area (Å²) in [5.74, 6) is 1.07. The topological polar surface area (TPSA) is 0 Å². The van der Waals surface area contributed by atoms with Crippen LogP contribution in [0.15, 0.2) is 0 Å². The third-order valence-electron chi connectivity index (χ3n) is 3.76. The van der Waals surface area contributed by atoms with E-state index in [1.165, 1.54) is 96.3 Å². The first kappa shape index (κ1) is 18.4. The van der Waals surface area contributed by atoms with Crippen LogP contribution in [0.1, 0.15) is 103 Å². The zero-order chi connectivity index (χ0) is 13.3. The molecular formula is C17H36S. The Morgan fingerprint density at radius 3 is 1.00 bits per heavy atom. The van der Waals surface area contributed by atoms with Gasteiger partial charge in [0.05, 0.1) is 0 Å². The third-order valence-corrected chi connectivity index (χ3v) is 4.08. The molecule has 0 saturated heterocycles. The maximum Gasteiger partial charge on any atom is -0.00979 e. The molecule has 110 valence electrons. The van der Waals surface area contributed by atoms with Gasteiger partial charge in [0.2, 0.25) is 0 Å². The van der Waals surface area contributed by atoms with Gasteiger partial charge in [0.25, 0.3) is 0 Å². The summed E-state index contributed by atoms with van der Waals surface area (Å²) in [4.78, 5) is 0. The second-order valence-corrected chi connectivity index (χ2v) is 6.12. The third kappa shape index (κ3) is 16.4. The van der Waals surface area contributed by atoms with Gasteiger partial charge in [-0.3, -0.25) is 0 Å². The van der Waals surface area contributed by atoms with Crippen molar-refractivity contribution in [3.05, 3.63) is 0 Å². The van der Waals surface area contributed by atoms with E-state index in [9.17, 15) is 0 Å². The molecule has 0 bridgehead atoms. The number of hydrogen-bond donors (Lipinski definition) is 1. The monoisotopic (exact) mass is 272 g/mol. The van der Waals surface area contributed by atoms with Gasteiger partial charge in [-0.25, -0.2) is 0 Å². The summed E-state index contributed by atoms with van der Waals surface area (Å²) in [5, 5.41) is 0. The summed E-state index contributed by atoms with van der Waals surface area (Å²) in [5.41, 5.74) is 0. The molecule has 18 heavy (non-hydrogen) atoms. The Labute approximate surface area is 122 Å². The molecule has 0 heterocycles. The van der Waals surface area contributed by atoms with Crippen molar-refractivity contribution in [1.82, 2.24) is 0 Å². The molecule has 0 nitrogen and oxygen atoms in total. The summed E-state index contributed by atoms with van der Waals surface area (Å²) >= 11 is 4.24. The summed E-state index contributed by atoms with van der Waals surface area (Å²) < 4.78 is 0. The fourth-order valence-corrected chi connectivity index (χ4v) is 2.71. The molecular weight excluding hydrogens is 236 g/mol. The molecule has 0 aromatic heterocycles. The van der Waals surface area contributed by atoms with E-state index < -0.39 is 0 Å². The second kappa shape index (κ2) is 17.4. The van der Waals surface area contributed by atoms with Crippen molar-refractivity contribution in [2.75, 3.05) is 5.75 Å². The number of hydrogen-bond acceptors (Lipinski definition) is 1. The van der Waals surface area contributed by atoms with Crippen LogP contribution in [-0.4, -0.2) is 5.75 Å². The van der Waals surface area contributed by atoms with Crippen LogP contribution in [0.4, 0.5) is 0 Å². The van der Waals surface area contributed by atoms with E-state index in [-0.39, 0.29) is 0 Å². The van der Waals surface area contributed by atoms with Gasteiger partial charge in [-0.2, -0.15) is 12.6 Å². The second-order valence-electron chi connectivity index (χ2n) is 5.67. The maximum atomic E-state index is 4.24. The Hall–Kier alpha value is 0.350. The molecule has 0 aromatic carbocycles. The highest BCUT2D eigenvalue weighted by atomic mass is 32.1. The molecule has 0 amide bonds. The lowest BCUT2D eigenvalue weighted by Gasteiger charge is -2.02. The minimum atomic E-state index is 1.07. The van der Waals surface area contributed by atoms with E-state index >= 15 is 0 Å². The van der Waals surface area contributed by atoms with Crippen LogP contribution < -0.4 is 0 Å². The molecule has 0 aromatic rings. The lowest BCUT2D eigenvalue weighted by Crippen LogP contribution is -1.83. The summed E-state index contributed by atoms with van der Waals surface area (Å²) in [6.45, 7) is 2.29. The Balaban J connectivity index is 2.86. The van der Waals surface area contributed by atoms with Crippen molar-refractivity contribution in [3.8, 4) is 0 Å². The molecule has 0 saturated carbocycles. The molecule has 0 aliphatic rings. The highest BCUT2D eigenvalue weighted by molar-refractivity contribution is 7.80. The van der Waals surface area contributed by atoms with Crippen molar-refractivity contribution < 1.29 is 0 Å². The fourth-order valence-electron chi connectivity index (χ4n) is 2.48. The van der Waals surface area contributed by atoms with Crippen LogP contribution in [0.5, 0.6) is 0 Å². The minimum Gasteiger partial charge on any atom is -0.179 e. The van der Waals surface area contributed by atoms with Gasteiger partial charge in [-0.1, -0.05) is 96.8 Å². The number of unbranched alkanes of at least 4 members (excludes halogenated alkanes) is 14. The van der Waals surface area contributed by atoms with Crippen molar-refractivity contribution in [3.63, 3.8) is 0 Å². The van der Waals surface area contributed by atoms with Gasteiger partial charge in [0.1, 0.15) is 0 Å². The Kier molecular flexibility index (Phi) is 17.7.